The van der Waals surface area contributed by atoms with E-state index in [4.69, 9.17) is 0 Å². The van der Waals surface area contributed by atoms with Crippen LogP contribution in [-0.2, 0) is 6.42 Å². The Morgan fingerprint density at radius 1 is 1.08 bits per heavy atom. The van der Waals surface area contributed by atoms with Crippen LogP contribution in [0.3, 0.4) is 0 Å². The fourth-order valence-electron chi connectivity index (χ4n) is 1.66. The number of benzene rings is 1. The van der Waals surface area contributed by atoms with Gasteiger partial charge in [-0.15, -0.1) is 0 Å². The normalized spacial score (nSPS) is 13.3. The molecular formula is C13H20. The molecule has 1 rings (SSSR count). The molecule has 0 nitrogen and oxygen atoms in total. The van der Waals surface area contributed by atoms with Crippen LogP contribution in [-0.4, -0.2) is 0 Å². The summed E-state index contributed by atoms with van der Waals surface area (Å²) in [5.41, 5.74) is 3.03. The first-order valence-corrected chi connectivity index (χ1v) is 5.24. The number of rotatable bonds is 3. The van der Waals surface area contributed by atoms with Gasteiger partial charge in [0.1, 0.15) is 0 Å². The van der Waals surface area contributed by atoms with Gasteiger partial charge in [0.15, 0.2) is 0 Å². The predicted octanol–water partition coefficient (Wildman–Crippen LogP) is 4.01. The molecule has 72 valence electrons. The maximum atomic E-state index is 2.32. The largest absolute Gasteiger partial charge is 0.0622 e. The number of hydrogen-bond acceptors (Lipinski definition) is 0. The minimum absolute atomic E-state index is 0.677. The smallest absolute Gasteiger partial charge is 0.0165 e. The van der Waals surface area contributed by atoms with Crippen LogP contribution in [0.1, 0.15) is 44.7 Å². The Labute approximate surface area is 82.0 Å². The Balaban J connectivity index is 2.98. The van der Waals surface area contributed by atoms with E-state index in [1.807, 2.05) is 0 Å². The molecule has 0 bridgehead atoms. The molecule has 1 unspecified atom stereocenters. The van der Waals surface area contributed by atoms with E-state index < -0.39 is 0 Å². The van der Waals surface area contributed by atoms with Crippen molar-refractivity contribution >= 4 is 0 Å². The van der Waals surface area contributed by atoms with Crippen molar-refractivity contribution in [1.82, 2.24) is 0 Å². The molecule has 0 heterocycles. The van der Waals surface area contributed by atoms with Gasteiger partial charge < -0.3 is 0 Å². The highest BCUT2D eigenvalue weighted by Gasteiger charge is 2.12. The first kappa shape index (κ1) is 10.3. The third-order valence-corrected chi connectivity index (χ3v) is 2.93. The summed E-state index contributed by atoms with van der Waals surface area (Å²) >= 11 is 0. The average molecular weight is 176 g/mol. The summed E-state index contributed by atoms with van der Waals surface area (Å²) in [6, 6.07) is 8.79. The molecule has 1 atom stereocenters. The van der Waals surface area contributed by atoms with Gasteiger partial charge in [0.2, 0.25) is 0 Å². The molecule has 0 amide bonds. The van der Waals surface area contributed by atoms with E-state index in [0.29, 0.717) is 5.92 Å². The van der Waals surface area contributed by atoms with E-state index in [2.05, 4.69) is 52.0 Å². The van der Waals surface area contributed by atoms with Crippen molar-refractivity contribution in [3.8, 4) is 0 Å². The maximum Gasteiger partial charge on any atom is -0.0165 e. The standard InChI is InChI=1S/C13H20/c1-5-12-8-6-7-9-13(12)11(4)10(2)3/h6-11H,5H2,1-4H3. The van der Waals surface area contributed by atoms with Crippen LogP contribution in [0.15, 0.2) is 24.3 Å². The van der Waals surface area contributed by atoms with Gasteiger partial charge in [-0.1, -0.05) is 52.0 Å². The number of aryl methyl sites for hydroxylation is 1. The Morgan fingerprint density at radius 2 is 1.69 bits per heavy atom. The third kappa shape index (κ3) is 2.33. The number of hydrogen-bond donors (Lipinski definition) is 0. The zero-order chi connectivity index (χ0) is 9.84. The molecule has 1 aromatic carbocycles. The molecule has 0 aliphatic heterocycles. The average Bonchev–Trinajstić information content (AvgIpc) is 2.16. The zero-order valence-electron chi connectivity index (χ0n) is 9.17. The van der Waals surface area contributed by atoms with Gasteiger partial charge in [-0.05, 0) is 29.4 Å². The molecule has 0 aromatic heterocycles. The van der Waals surface area contributed by atoms with E-state index >= 15 is 0 Å². The summed E-state index contributed by atoms with van der Waals surface area (Å²) < 4.78 is 0. The Kier molecular flexibility index (Phi) is 3.53. The van der Waals surface area contributed by atoms with Gasteiger partial charge in [0.25, 0.3) is 0 Å². The Hall–Kier alpha value is -0.780. The maximum absolute atomic E-state index is 2.32. The molecule has 0 saturated carbocycles. The lowest BCUT2D eigenvalue weighted by atomic mass is 9.86. The Morgan fingerprint density at radius 3 is 2.23 bits per heavy atom. The lowest BCUT2D eigenvalue weighted by Gasteiger charge is -2.19. The van der Waals surface area contributed by atoms with Crippen LogP contribution in [0.2, 0.25) is 0 Å². The van der Waals surface area contributed by atoms with E-state index in [-0.39, 0.29) is 0 Å². The molecule has 0 heteroatoms. The molecule has 0 aliphatic carbocycles. The lowest BCUT2D eigenvalue weighted by molar-refractivity contribution is 0.531. The van der Waals surface area contributed by atoms with Crippen molar-refractivity contribution in [1.29, 1.82) is 0 Å². The third-order valence-electron chi connectivity index (χ3n) is 2.93. The van der Waals surface area contributed by atoms with E-state index in [9.17, 15) is 0 Å². The summed E-state index contributed by atoms with van der Waals surface area (Å²) in [5.74, 6) is 1.41. The SMILES string of the molecule is CCc1ccccc1C(C)C(C)C. The predicted molar refractivity (Wildman–Crippen MR) is 59.1 cm³/mol. The van der Waals surface area contributed by atoms with Gasteiger partial charge >= 0.3 is 0 Å². The highest BCUT2D eigenvalue weighted by Crippen LogP contribution is 2.26. The van der Waals surface area contributed by atoms with Crippen molar-refractivity contribution in [3.63, 3.8) is 0 Å². The van der Waals surface area contributed by atoms with Crippen LogP contribution < -0.4 is 0 Å². The van der Waals surface area contributed by atoms with Crippen molar-refractivity contribution in [2.45, 2.75) is 40.0 Å². The molecule has 1 aromatic rings. The molecule has 13 heavy (non-hydrogen) atoms. The van der Waals surface area contributed by atoms with Crippen LogP contribution >= 0.6 is 0 Å². The van der Waals surface area contributed by atoms with E-state index in [1.54, 1.807) is 0 Å². The minimum atomic E-state index is 0.677. The minimum Gasteiger partial charge on any atom is -0.0622 e. The van der Waals surface area contributed by atoms with Gasteiger partial charge in [-0.2, -0.15) is 0 Å². The zero-order valence-corrected chi connectivity index (χ0v) is 9.17. The molecule has 0 saturated heterocycles. The summed E-state index contributed by atoms with van der Waals surface area (Å²) in [5, 5.41) is 0. The van der Waals surface area contributed by atoms with Crippen LogP contribution in [0.25, 0.3) is 0 Å². The lowest BCUT2D eigenvalue weighted by Crippen LogP contribution is -2.04. The van der Waals surface area contributed by atoms with E-state index in [1.165, 1.54) is 11.1 Å². The second kappa shape index (κ2) is 4.45. The van der Waals surface area contributed by atoms with Gasteiger partial charge in [0, 0.05) is 0 Å². The highest BCUT2D eigenvalue weighted by molar-refractivity contribution is 5.30. The Bertz CT molecular complexity index is 260. The first-order valence-electron chi connectivity index (χ1n) is 5.24. The van der Waals surface area contributed by atoms with Crippen LogP contribution in [0, 0.1) is 5.92 Å². The van der Waals surface area contributed by atoms with Crippen LogP contribution in [0.4, 0.5) is 0 Å². The molecule has 0 aliphatic rings. The molecule has 0 N–H and O–H groups in total. The summed E-state index contributed by atoms with van der Waals surface area (Å²) in [4.78, 5) is 0. The molecule has 0 radical (unpaired) electrons. The summed E-state index contributed by atoms with van der Waals surface area (Å²) in [6.45, 7) is 9.12. The molecular weight excluding hydrogens is 156 g/mol. The van der Waals surface area contributed by atoms with Gasteiger partial charge in [-0.3, -0.25) is 0 Å². The molecule has 0 spiro atoms. The van der Waals surface area contributed by atoms with Crippen LogP contribution in [0.5, 0.6) is 0 Å². The van der Waals surface area contributed by atoms with E-state index in [0.717, 1.165) is 12.3 Å². The quantitative estimate of drug-likeness (QED) is 0.652. The second-order valence-electron chi connectivity index (χ2n) is 4.09. The topological polar surface area (TPSA) is 0 Å². The monoisotopic (exact) mass is 176 g/mol. The highest BCUT2D eigenvalue weighted by atomic mass is 14.2. The van der Waals surface area contributed by atoms with Crippen molar-refractivity contribution in [2.24, 2.45) is 5.92 Å². The van der Waals surface area contributed by atoms with Crippen molar-refractivity contribution in [2.75, 3.05) is 0 Å². The first-order chi connectivity index (χ1) is 6.16. The fourth-order valence-corrected chi connectivity index (χ4v) is 1.66. The van der Waals surface area contributed by atoms with Gasteiger partial charge in [-0.25, -0.2) is 0 Å². The summed E-state index contributed by atoms with van der Waals surface area (Å²) in [6.07, 6.45) is 1.15. The van der Waals surface area contributed by atoms with Crippen molar-refractivity contribution < 1.29 is 0 Å². The van der Waals surface area contributed by atoms with Crippen molar-refractivity contribution in [3.05, 3.63) is 35.4 Å². The fraction of sp³-hybridized carbons (Fsp3) is 0.538. The second-order valence-corrected chi connectivity index (χ2v) is 4.09. The van der Waals surface area contributed by atoms with Gasteiger partial charge in [0.05, 0.1) is 0 Å². The molecule has 0 fully saturated rings. The summed E-state index contributed by atoms with van der Waals surface area (Å²) in [7, 11) is 0.